The van der Waals surface area contributed by atoms with Gasteiger partial charge in [0.25, 0.3) is 0 Å². The molecule has 3 N–H and O–H groups in total. The highest BCUT2D eigenvalue weighted by Gasteiger charge is 2.25. The fourth-order valence-electron chi connectivity index (χ4n) is 2.30. The number of nitrogens with one attached hydrogen (secondary N) is 1. The zero-order chi connectivity index (χ0) is 12.3. The van der Waals surface area contributed by atoms with Gasteiger partial charge >= 0.3 is 0 Å². The third kappa shape index (κ3) is 2.58. The molecule has 3 nitrogen and oxygen atoms in total. The van der Waals surface area contributed by atoms with Crippen LogP contribution in [0.3, 0.4) is 0 Å². The molecule has 0 radical (unpaired) electrons. The van der Waals surface area contributed by atoms with Crippen LogP contribution < -0.4 is 16.0 Å². The van der Waals surface area contributed by atoms with Gasteiger partial charge in [-0.3, -0.25) is 11.3 Å². The molecular weight excluding hydrogens is 219 g/mol. The summed E-state index contributed by atoms with van der Waals surface area (Å²) in [6.07, 6.45) is 4.62. The maximum atomic E-state index is 14.1. The molecule has 1 aromatic rings. The average Bonchev–Trinajstić information content (AvgIpc) is 2.29. The van der Waals surface area contributed by atoms with E-state index in [2.05, 4.69) is 5.43 Å². The Balaban J connectivity index is 2.17. The van der Waals surface area contributed by atoms with Gasteiger partial charge in [-0.1, -0.05) is 31.4 Å². The molecule has 0 amide bonds. The van der Waals surface area contributed by atoms with Crippen LogP contribution in [0.2, 0.25) is 0 Å². The maximum absolute atomic E-state index is 14.1. The summed E-state index contributed by atoms with van der Waals surface area (Å²) in [6, 6.07) is 5.05. The smallest absolute Gasteiger partial charge is 0.169 e. The van der Waals surface area contributed by atoms with Crippen molar-refractivity contribution < 1.29 is 9.13 Å². The highest BCUT2D eigenvalue weighted by atomic mass is 19.1. The van der Waals surface area contributed by atoms with Crippen LogP contribution in [0.1, 0.15) is 37.3 Å². The van der Waals surface area contributed by atoms with Gasteiger partial charge in [0.05, 0.1) is 7.11 Å². The summed E-state index contributed by atoms with van der Waals surface area (Å²) in [4.78, 5) is 0. The zero-order valence-corrected chi connectivity index (χ0v) is 10.1. The molecule has 1 aliphatic rings. The first-order valence-corrected chi connectivity index (χ1v) is 6.04. The molecule has 4 heteroatoms. The van der Waals surface area contributed by atoms with Crippen LogP contribution in [0.4, 0.5) is 4.39 Å². The normalized spacial score (nSPS) is 17.6. The molecule has 0 aromatic heterocycles. The van der Waals surface area contributed by atoms with E-state index in [1.165, 1.54) is 26.4 Å². The second-order valence-electron chi connectivity index (χ2n) is 4.62. The SMILES string of the molecule is COc1cccc(C(CC2CCC2)NN)c1F. The fourth-order valence-corrected chi connectivity index (χ4v) is 2.30. The Bertz CT molecular complexity index is 380. The molecule has 1 unspecified atom stereocenters. The minimum Gasteiger partial charge on any atom is -0.494 e. The van der Waals surface area contributed by atoms with E-state index in [4.69, 9.17) is 10.6 Å². The minimum atomic E-state index is -0.308. The van der Waals surface area contributed by atoms with E-state index in [-0.39, 0.29) is 17.6 Å². The molecule has 1 atom stereocenters. The highest BCUT2D eigenvalue weighted by Crippen LogP contribution is 2.36. The van der Waals surface area contributed by atoms with Crippen molar-refractivity contribution in [1.82, 2.24) is 5.43 Å². The Hall–Kier alpha value is -1.13. The molecule has 0 bridgehead atoms. The molecule has 94 valence electrons. The predicted octanol–water partition coefficient (Wildman–Crippen LogP) is 2.53. The van der Waals surface area contributed by atoms with Crippen LogP contribution in [-0.4, -0.2) is 7.11 Å². The van der Waals surface area contributed by atoms with Gasteiger partial charge in [-0.2, -0.15) is 0 Å². The summed E-state index contributed by atoms with van der Waals surface area (Å²) in [5.41, 5.74) is 3.31. The van der Waals surface area contributed by atoms with E-state index in [1.807, 2.05) is 0 Å². The molecule has 0 aliphatic heterocycles. The Morgan fingerprint density at radius 3 is 2.82 bits per heavy atom. The van der Waals surface area contributed by atoms with Crippen molar-refractivity contribution in [3.63, 3.8) is 0 Å². The summed E-state index contributed by atoms with van der Waals surface area (Å²) in [5, 5.41) is 0. The third-order valence-corrected chi connectivity index (χ3v) is 3.58. The van der Waals surface area contributed by atoms with Crippen LogP contribution in [0.25, 0.3) is 0 Å². The first-order chi connectivity index (χ1) is 8.26. The number of hydrogen-bond acceptors (Lipinski definition) is 3. The number of hydrogen-bond donors (Lipinski definition) is 2. The summed E-state index contributed by atoms with van der Waals surface area (Å²) in [5.74, 6) is 6.17. The average molecular weight is 238 g/mol. The number of methoxy groups -OCH3 is 1. The van der Waals surface area contributed by atoms with E-state index in [1.54, 1.807) is 18.2 Å². The Morgan fingerprint density at radius 1 is 1.53 bits per heavy atom. The Morgan fingerprint density at radius 2 is 2.29 bits per heavy atom. The summed E-state index contributed by atoms with van der Waals surface area (Å²) in [7, 11) is 1.47. The topological polar surface area (TPSA) is 47.3 Å². The minimum absolute atomic E-state index is 0.129. The highest BCUT2D eigenvalue weighted by molar-refractivity contribution is 5.33. The maximum Gasteiger partial charge on any atom is 0.169 e. The lowest BCUT2D eigenvalue weighted by molar-refractivity contribution is 0.258. The van der Waals surface area contributed by atoms with Crippen molar-refractivity contribution in [3.05, 3.63) is 29.6 Å². The number of rotatable bonds is 5. The van der Waals surface area contributed by atoms with Crippen LogP contribution in [0.5, 0.6) is 5.75 Å². The van der Waals surface area contributed by atoms with Crippen molar-refractivity contribution in [2.45, 2.75) is 31.7 Å². The van der Waals surface area contributed by atoms with Gasteiger partial charge in [0.15, 0.2) is 11.6 Å². The second-order valence-corrected chi connectivity index (χ2v) is 4.62. The molecule has 0 saturated heterocycles. The molecule has 0 spiro atoms. The molecule has 1 fully saturated rings. The Kier molecular flexibility index (Phi) is 3.97. The van der Waals surface area contributed by atoms with Gasteiger partial charge < -0.3 is 4.74 Å². The van der Waals surface area contributed by atoms with Crippen molar-refractivity contribution in [2.24, 2.45) is 11.8 Å². The van der Waals surface area contributed by atoms with Gasteiger partial charge in [-0.15, -0.1) is 0 Å². The standard InChI is InChI=1S/C13H19FN2O/c1-17-12-7-3-6-10(13(12)14)11(16-15)8-9-4-2-5-9/h3,6-7,9,11,16H,2,4-5,8,15H2,1H3. The molecule has 1 saturated carbocycles. The lowest BCUT2D eigenvalue weighted by Gasteiger charge is -2.29. The van der Waals surface area contributed by atoms with Crippen LogP contribution >= 0.6 is 0 Å². The van der Waals surface area contributed by atoms with Gasteiger partial charge in [0, 0.05) is 11.6 Å². The number of ether oxygens (including phenoxy) is 1. The molecular formula is C13H19FN2O. The summed E-state index contributed by atoms with van der Waals surface area (Å²) < 4.78 is 19.0. The number of nitrogens with two attached hydrogens (primary N) is 1. The number of halogens is 1. The first-order valence-electron chi connectivity index (χ1n) is 6.04. The van der Waals surface area contributed by atoms with Crippen LogP contribution in [0.15, 0.2) is 18.2 Å². The van der Waals surface area contributed by atoms with Gasteiger partial charge in [0.1, 0.15) is 0 Å². The van der Waals surface area contributed by atoms with E-state index in [0.717, 1.165) is 6.42 Å². The quantitative estimate of drug-likeness (QED) is 0.612. The molecule has 2 rings (SSSR count). The van der Waals surface area contributed by atoms with Crippen LogP contribution in [-0.2, 0) is 0 Å². The number of benzene rings is 1. The largest absolute Gasteiger partial charge is 0.494 e. The van der Waals surface area contributed by atoms with Crippen molar-refractivity contribution in [2.75, 3.05) is 7.11 Å². The lowest BCUT2D eigenvalue weighted by Crippen LogP contribution is -2.31. The van der Waals surface area contributed by atoms with E-state index in [9.17, 15) is 4.39 Å². The van der Waals surface area contributed by atoms with Gasteiger partial charge in [0.2, 0.25) is 0 Å². The zero-order valence-electron chi connectivity index (χ0n) is 10.1. The van der Waals surface area contributed by atoms with E-state index >= 15 is 0 Å². The third-order valence-electron chi connectivity index (χ3n) is 3.58. The predicted molar refractivity (Wildman–Crippen MR) is 65.0 cm³/mol. The summed E-state index contributed by atoms with van der Waals surface area (Å²) in [6.45, 7) is 0. The molecule has 17 heavy (non-hydrogen) atoms. The molecule has 1 aliphatic carbocycles. The fraction of sp³-hybridized carbons (Fsp3) is 0.538. The molecule has 1 aromatic carbocycles. The first kappa shape index (κ1) is 12.3. The van der Waals surface area contributed by atoms with Gasteiger partial charge in [-0.05, 0) is 18.4 Å². The van der Waals surface area contributed by atoms with Crippen molar-refractivity contribution in [3.8, 4) is 5.75 Å². The van der Waals surface area contributed by atoms with E-state index in [0.29, 0.717) is 11.5 Å². The number of hydrazine groups is 1. The van der Waals surface area contributed by atoms with E-state index < -0.39 is 0 Å². The van der Waals surface area contributed by atoms with Crippen molar-refractivity contribution in [1.29, 1.82) is 0 Å². The van der Waals surface area contributed by atoms with Crippen LogP contribution in [0, 0.1) is 11.7 Å². The second kappa shape index (κ2) is 5.47. The monoisotopic (exact) mass is 238 g/mol. The lowest BCUT2D eigenvalue weighted by atomic mass is 9.79. The van der Waals surface area contributed by atoms with Crippen molar-refractivity contribution >= 4 is 0 Å². The molecule has 0 heterocycles. The Labute approximate surface area is 101 Å². The summed E-state index contributed by atoms with van der Waals surface area (Å²) >= 11 is 0. The van der Waals surface area contributed by atoms with Gasteiger partial charge in [-0.25, -0.2) is 4.39 Å².